The normalized spacial score (nSPS) is 22.5. The molecule has 3 rings (SSSR count). The zero-order chi connectivity index (χ0) is 13.2. The van der Waals surface area contributed by atoms with Crippen LogP contribution in [0.4, 0.5) is 0 Å². The first kappa shape index (κ1) is 12.5. The van der Waals surface area contributed by atoms with Gasteiger partial charge in [0, 0.05) is 24.7 Å². The van der Waals surface area contributed by atoms with Gasteiger partial charge in [-0.3, -0.25) is 4.98 Å². The average Bonchev–Trinajstić information content (AvgIpc) is 2.46. The van der Waals surface area contributed by atoms with Crippen LogP contribution >= 0.6 is 0 Å². The molecule has 1 fully saturated rings. The van der Waals surface area contributed by atoms with E-state index in [1.54, 1.807) is 6.20 Å². The molecule has 2 aromatic rings. The number of fused-ring (bicyclic) bond motifs is 1. The van der Waals surface area contributed by atoms with Gasteiger partial charge in [0.1, 0.15) is 0 Å². The lowest BCUT2D eigenvalue weighted by Crippen LogP contribution is -2.45. The Hall–Kier alpha value is -1.49. The lowest BCUT2D eigenvalue weighted by Gasteiger charge is -2.33. The van der Waals surface area contributed by atoms with Crippen LogP contribution in [0.15, 0.2) is 36.5 Å². The third-order valence-corrected chi connectivity index (χ3v) is 3.71. The molecule has 4 nitrogen and oxygen atoms in total. The number of pyridine rings is 1. The van der Waals surface area contributed by atoms with Gasteiger partial charge in [0.2, 0.25) is 0 Å². The monoisotopic (exact) mass is 257 g/mol. The highest BCUT2D eigenvalue weighted by Crippen LogP contribution is 2.23. The highest BCUT2D eigenvalue weighted by Gasteiger charge is 2.25. The topological polar surface area (TPSA) is 51.4 Å². The number of nitrogens with two attached hydrogens (primary N) is 1. The van der Waals surface area contributed by atoms with Crippen LogP contribution in [-0.4, -0.2) is 42.7 Å². The summed E-state index contributed by atoms with van der Waals surface area (Å²) < 4.78 is 5.79. The summed E-state index contributed by atoms with van der Waals surface area (Å²) in [6, 6.07) is 10.1. The molecule has 4 heteroatoms. The average molecular weight is 257 g/mol. The molecule has 0 spiro atoms. The Bertz CT molecular complexity index is 572. The predicted molar refractivity (Wildman–Crippen MR) is 75.9 cm³/mol. The molecule has 0 saturated carbocycles. The molecule has 1 saturated heterocycles. The summed E-state index contributed by atoms with van der Waals surface area (Å²) in [5.74, 6) is 0. The van der Waals surface area contributed by atoms with Crippen LogP contribution in [0.25, 0.3) is 10.9 Å². The van der Waals surface area contributed by atoms with E-state index in [0.29, 0.717) is 0 Å². The maximum atomic E-state index is 6.35. The fraction of sp³-hybridized carbons (Fsp3) is 0.400. The van der Waals surface area contributed by atoms with Crippen molar-refractivity contribution >= 4 is 10.9 Å². The molecule has 1 aliphatic rings. The molecule has 1 aromatic carbocycles. The molecule has 2 N–H and O–H groups in total. The quantitative estimate of drug-likeness (QED) is 0.887. The molecule has 2 unspecified atom stereocenters. The summed E-state index contributed by atoms with van der Waals surface area (Å²) in [4.78, 5) is 6.59. The van der Waals surface area contributed by atoms with Crippen LogP contribution in [0.3, 0.4) is 0 Å². The molecule has 0 radical (unpaired) electrons. The lowest BCUT2D eigenvalue weighted by molar-refractivity contribution is -0.0326. The maximum Gasteiger partial charge on any atom is 0.0894 e. The van der Waals surface area contributed by atoms with E-state index >= 15 is 0 Å². The van der Waals surface area contributed by atoms with Gasteiger partial charge in [-0.2, -0.15) is 0 Å². The summed E-state index contributed by atoms with van der Waals surface area (Å²) in [7, 11) is 2.10. The van der Waals surface area contributed by atoms with Crippen molar-refractivity contribution in [2.75, 3.05) is 26.7 Å². The minimum absolute atomic E-state index is 0.0628. The van der Waals surface area contributed by atoms with Gasteiger partial charge in [-0.05, 0) is 30.8 Å². The lowest BCUT2D eigenvalue weighted by atomic mass is 9.99. The number of hydrogen-bond donors (Lipinski definition) is 1. The third-order valence-electron chi connectivity index (χ3n) is 3.71. The fourth-order valence-electron chi connectivity index (χ4n) is 2.54. The number of morpholine rings is 1. The molecule has 0 amide bonds. The first-order chi connectivity index (χ1) is 9.24. The van der Waals surface area contributed by atoms with E-state index in [9.17, 15) is 0 Å². The summed E-state index contributed by atoms with van der Waals surface area (Å²) in [6.45, 7) is 2.61. The van der Waals surface area contributed by atoms with Crippen LogP contribution in [0.5, 0.6) is 0 Å². The third kappa shape index (κ3) is 2.61. The second-order valence-electron chi connectivity index (χ2n) is 5.15. The van der Waals surface area contributed by atoms with E-state index in [4.69, 9.17) is 10.5 Å². The van der Waals surface area contributed by atoms with Gasteiger partial charge in [-0.15, -0.1) is 0 Å². The first-order valence-corrected chi connectivity index (χ1v) is 6.64. The minimum Gasteiger partial charge on any atom is -0.374 e. The first-order valence-electron chi connectivity index (χ1n) is 6.64. The standard InChI is InChI=1S/C15H19N3O/c1-18-7-8-19-14(10-18)15(16)12-4-5-13-11(9-12)3-2-6-17-13/h2-6,9,14-15H,7-8,10,16H2,1H3. The van der Waals surface area contributed by atoms with E-state index in [2.05, 4.69) is 35.1 Å². The van der Waals surface area contributed by atoms with Crippen molar-refractivity contribution in [3.05, 3.63) is 42.1 Å². The van der Waals surface area contributed by atoms with Crippen molar-refractivity contribution in [2.45, 2.75) is 12.1 Å². The zero-order valence-corrected chi connectivity index (χ0v) is 11.1. The minimum atomic E-state index is -0.0904. The molecule has 1 aromatic heterocycles. The summed E-state index contributed by atoms with van der Waals surface area (Å²) in [5, 5.41) is 1.12. The molecule has 0 aliphatic carbocycles. The Kier molecular flexibility index (Phi) is 3.46. The van der Waals surface area contributed by atoms with Crippen LogP contribution < -0.4 is 5.73 Å². The van der Waals surface area contributed by atoms with Gasteiger partial charge in [0.05, 0.1) is 24.3 Å². The Labute approximate surface area is 113 Å². The van der Waals surface area contributed by atoms with Crippen LogP contribution in [-0.2, 0) is 4.74 Å². The summed E-state index contributed by atoms with van der Waals surface area (Å²) >= 11 is 0. The SMILES string of the molecule is CN1CCOC(C(N)c2ccc3ncccc3c2)C1. The molecular weight excluding hydrogens is 238 g/mol. The second-order valence-corrected chi connectivity index (χ2v) is 5.15. The van der Waals surface area contributed by atoms with Gasteiger partial charge < -0.3 is 15.4 Å². The van der Waals surface area contributed by atoms with Crippen LogP contribution in [0, 0.1) is 0 Å². The fourth-order valence-corrected chi connectivity index (χ4v) is 2.54. The van der Waals surface area contributed by atoms with Crippen molar-refractivity contribution in [3.8, 4) is 0 Å². The zero-order valence-electron chi connectivity index (χ0n) is 11.1. The van der Waals surface area contributed by atoms with Gasteiger partial charge in [-0.25, -0.2) is 0 Å². The van der Waals surface area contributed by atoms with E-state index in [1.165, 1.54) is 0 Å². The van der Waals surface area contributed by atoms with Crippen molar-refractivity contribution in [3.63, 3.8) is 0 Å². The number of likely N-dealkylation sites (N-methyl/N-ethyl adjacent to an activating group) is 1. The van der Waals surface area contributed by atoms with Gasteiger partial charge >= 0.3 is 0 Å². The number of benzene rings is 1. The van der Waals surface area contributed by atoms with E-state index in [0.717, 1.165) is 36.2 Å². The Balaban J connectivity index is 1.86. The van der Waals surface area contributed by atoms with Crippen molar-refractivity contribution in [1.82, 2.24) is 9.88 Å². The van der Waals surface area contributed by atoms with Gasteiger partial charge in [0.15, 0.2) is 0 Å². The Morgan fingerprint density at radius 3 is 3.16 bits per heavy atom. The number of hydrogen-bond acceptors (Lipinski definition) is 4. The highest BCUT2D eigenvalue weighted by atomic mass is 16.5. The molecule has 0 bridgehead atoms. The Morgan fingerprint density at radius 1 is 1.42 bits per heavy atom. The number of ether oxygens (including phenoxy) is 1. The van der Waals surface area contributed by atoms with Crippen molar-refractivity contribution in [1.29, 1.82) is 0 Å². The van der Waals surface area contributed by atoms with E-state index in [-0.39, 0.29) is 12.1 Å². The maximum absolute atomic E-state index is 6.35. The molecule has 2 heterocycles. The summed E-state index contributed by atoms with van der Waals surface area (Å²) in [6.07, 6.45) is 1.87. The summed E-state index contributed by atoms with van der Waals surface area (Å²) in [5.41, 5.74) is 8.46. The van der Waals surface area contributed by atoms with Crippen LogP contribution in [0.2, 0.25) is 0 Å². The van der Waals surface area contributed by atoms with Crippen molar-refractivity contribution < 1.29 is 4.74 Å². The molecule has 19 heavy (non-hydrogen) atoms. The van der Waals surface area contributed by atoms with Gasteiger partial charge in [-0.1, -0.05) is 12.1 Å². The Morgan fingerprint density at radius 2 is 2.32 bits per heavy atom. The smallest absolute Gasteiger partial charge is 0.0894 e. The highest BCUT2D eigenvalue weighted by molar-refractivity contribution is 5.79. The largest absolute Gasteiger partial charge is 0.374 e. The number of nitrogens with zero attached hydrogens (tertiary/aromatic N) is 2. The van der Waals surface area contributed by atoms with Gasteiger partial charge in [0.25, 0.3) is 0 Å². The van der Waals surface area contributed by atoms with E-state index in [1.807, 2.05) is 12.1 Å². The molecular formula is C15H19N3O. The molecule has 1 aliphatic heterocycles. The predicted octanol–water partition coefficient (Wildman–Crippen LogP) is 1.57. The van der Waals surface area contributed by atoms with E-state index < -0.39 is 0 Å². The van der Waals surface area contributed by atoms with Crippen LogP contribution in [0.1, 0.15) is 11.6 Å². The second kappa shape index (κ2) is 5.25. The molecule has 100 valence electrons. The molecule has 2 atom stereocenters. The number of aromatic nitrogens is 1. The van der Waals surface area contributed by atoms with Crippen molar-refractivity contribution in [2.24, 2.45) is 5.73 Å². The number of rotatable bonds is 2.